The van der Waals surface area contributed by atoms with Crippen LogP contribution in [0, 0.1) is 5.82 Å². The summed E-state index contributed by atoms with van der Waals surface area (Å²) in [6.07, 6.45) is 1.43. The first-order valence-electron chi connectivity index (χ1n) is 6.03. The molecule has 0 atom stereocenters. The van der Waals surface area contributed by atoms with Crippen LogP contribution < -0.4 is 10.2 Å². The molecule has 2 aromatic carbocycles. The van der Waals surface area contributed by atoms with Crippen molar-refractivity contribution in [3.63, 3.8) is 0 Å². The van der Waals surface area contributed by atoms with E-state index >= 15 is 0 Å². The Bertz CT molecular complexity index is 689. The van der Waals surface area contributed by atoms with Gasteiger partial charge < -0.3 is 4.74 Å². The summed E-state index contributed by atoms with van der Waals surface area (Å²) in [5.74, 6) is -0.592. The quantitative estimate of drug-likeness (QED) is 0.678. The third kappa shape index (κ3) is 3.88. The van der Waals surface area contributed by atoms with Crippen LogP contribution in [0.1, 0.15) is 15.9 Å². The molecule has 0 saturated carbocycles. The van der Waals surface area contributed by atoms with Crippen LogP contribution in [0.2, 0.25) is 0 Å². The Morgan fingerprint density at radius 3 is 2.81 bits per heavy atom. The van der Waals surface area contributed by atoms with E-state index in [1.54, 1.807) is 25.3 Å². The summed E-state index contributed by atoms with van der Waals surface area (Å²) in [6.45, 7) is 0. The molecule has 0 heterocycles. The van der Waals surface area contributed by atoms with Crippen molar-refractivity contribution in [2.45, 2.75) is 0 Å². The Morgan fingerprint density at radius 1 is 1.33 bits per heavy atom. The monoisotopic (exact) mass is 350 g/mol. The Morgan fingerprint density at radius 2 is 2.10 bits per heavy atom. The van der Waals surface area contributed by atoms with Crippen LogP contribution in [0.5, 0.6) is 5.75 Å². The maximum atomic E-state index is 13.4. The van der Waals surface area contributed by atoms with Gasteiger partial charge in [-0.15, -0.1) is 0 Å². The van der Waals surface area contributed by atoms with Gasteiger partial charge in [0.25, 0.3) is 5.91 Å². The average molecular weight is 351 g/mol. The number of hydrazone groups is 1. The summed E-state index contributed by atoms with van der Waals surface area (Å²) in [5, 5.41) is 3.82. The van der Waals surface area contributed by atoms with Crippen LogP contribution in [0.3, 0.4) is 0 Å². The summed E-state index contributed by atoms with van der Waals surface area (Å²) >= 11 is 3.34. The second-order valence-corrected chi connectivity index (χ2v) is 4.98. The minimum Gasteiger partial charge on any atom is -0.496 e. The number of rotatable bonds is 4. The predicted octanol–water partition coefficient (Wildman–Crippen LogP) is 3.36. The molecule has 0 aromatic heterocycles. The number of carbonyl (C=O) groups excluding carboxylic acids is 1. The van der Waals surface area contributed by atoms with Crippen LogP contribution in [-0.2, 0) is 0 Å². The molecule has 1 amide bonds. The topological polar surface area (TPSA) is 50.7 Å². The smallest absolute Gasteiger partial charge is 0.274 e. The van der Waals surface area contributed by atoms with E-state index in [1.165, 1.54) is 24.4 Å². The lowest BCUT2D eigenvalue weighted by molar-refractivity contribution is 0.0951. The SMILES string of the molecule is COc1ccc(Br)cc1C=NNC(=O)c1ccccc1F. The number of carbonyl (C=O) groups is 1. The van der Waals surface area contributed by atoms with Gasteiger partial charge in [-0.1, -0.05) is 28.1 Å². The van der Waals surface area contributed by atoms with E-state index < -0.39 is 11.7 Å². The maximum absolute atomic E-state index is 13.4. The maximum Gasteiger partial charge on any atom is 0.274 e. The van der Waals surface area contributed by atoms with Gasteiger partial charge in [-0.25, -0.2) is 9.82 Å². The molecule has 0 fully saturated rings. The molecule has 6 heteroatoms. The highest BCUT2D eigenvalue weighted by Gasteiger charge is 2.09. The van der Waals surface area contributed by atoms with Crippen LogP contribution >= 0.6 is 15.9 Å². The van der Waals surface area contributed by atoms with Gasteiger partial charge in [0.2, 0.25) is 0 Å². The Balaban J connectivity index is 2.11. The predicted molar refractivity (Wildman–Crippen MR) is 82.2 cm³/mol. The number of nitrogens with zero attached hydrogens (tertiary/aromatic N) is 1. The molecule has 2 aromatic rings. The summed E-state index contributed by atoms with van der Waals surface area (Å²) in [4.78, 5) is 11.8. The molecule has 0 aliphatic rings. The zero-order valence-electron chi connectivity index (χ0n) is 11.1. The summed E-state index contributed by atoms with van der Waals surface area (Å²) in [5.41, 5.74) is 2.90. The van der Waals surface area contributed by atoms with Gasteiger partial charge in [0.15, 0.2) is 0 Å². The number of amides is 1. The van der Waals surface area contributed by atoms with Crippen LogP contribution in [0.25, 0.3) is 0 Å². The van der Waals surface area contributed by atoms with Crippen molar-refractivity contribution < 1.29 is 13.9 Å². The largest absolute Gasteiger partial charge is 0.496 e. The first-order valence-corrected chi connectivity index (χ1v) is 6.82. The summed E-state index contributed by atoms with van der Waals surface area (Å²) < 4.78 is 19.5. The third-order valence-corrected chi connectivity index (χ3v) is 3.17. The minimum absolute atomic E-state index is 0.0594. The second kappa shape index (κ2) is 6.99. The molecule has 0 aliphatic heterocycles. The van der Waals surface area contributed by atoms with Crippen molar-refractivity contribution in [1.29, 1.82) is 0 Å². The van der Waals surface area contributed by atoms with Gasteiger partial charge in [0, 0.05) is 10.0 Å². The zero-order valence-corrected chi connectivity index (χ0v) is 12.7. The Hall–Kier alpha value is -2.21. The lowest BCUT2D eigenvalue weighted by Gasteiger charge is -2.05. The highest BCUT2D eigenvalue weighted by Crippen LogP contribution is 2.21. The number of hydrogen-bond donors (Lipinski definition) is 1. The van der Waals surface area contributed by atoms with Gasteiger partial charge in [0.1, 0.15) is 11.6 Å². The fourth-order valence-electron chi connectivity index (χ4n) is 1.67. The Labute approximate surface area is 129 Å². The van der Waals surface area contributed by atoms with Crippen molar-refractivity contribution >= 4 is 28.1 Å². The molecule has 0 radical (unpaired) electrons. The number of benzene rings is 2. The van der Waals surface area contributed by atoms with E-state index in [1.807, 2.05) is 6.07 Å². The molecule has 0 aliphatic carbocycles. The molecule has 0 saturated heterocycles. The van der Waals surface area contributed by atoms with Gasteiger partial charge >= 0.3 is 0 Å². The standard InChI is InChI=1S/C15H12BrFN2O2/c1-21-14-7-6-11(16)8-10(14)9-18-19-15(20)12-4-2-3-5-13(12)17/h2-9H,1H3,(H,19,20). The van der Waals surface area contributed by atoms with E-state index in [9.17, 15) is 9.18 Å². The summed E-state index contributed by atoms with van der Waals surface area (Å²) in [7, 11) is 1.54. The van der Waals surface area contributed by atoms with E-state index in [0.29, 0.717) is 11.3 Å². The average Bonchev–Trinajstić information content (AvgIpc) is 2.48. The van der Waals surface area contributed by atoms with E-state index in [0.717, 1.165) is 4.47 Å². The Kier molecular flexibility index (Phi) is 5.05. The number of nitrogens with one attached hydrogen (secondary N) is 1. The van der Waals surface area contributed by atoms with Gasteiger partial charge in [-0.2, -0.15) is 5.10 Å². The van der Waals surface area contributed by atoms with Crippen molar-refractivity contribution in [3.8, 4) is 5.75 Å². The fourth-order valence-corrected chi connectivity index (χ4v) is 2.05. The number of hydrogen-bond acceptors (Lipinski definition) is 3. The molecule has 4 nitrogen and oxygen atoms in total. The molecule has 1 N–H and O–H groups in total. The van der Waals surface area contributed by atoms with E-state index in [-0.39, 0.29) is 5.56 Å². The van der Waals surface area contributed by atoms with Crippen molar-refractivity contribution in [1.82, 2.24) is 5.43 Å². The minimum atomic E-state index is -0.613. The number of halogens is 2. The van der Waals surface area contributed by atoms with E-state index in [4.69, 9.17) is 4.74 Å². The third-order valence-electron chi connectivity index (χ3n) is 2.68. The molecular formula is C15H12BrFN2O2. The first kappa shape index (κ1) is 15.2. The van der Waals surface area contributed by atoms with Crippen LogP contribution in [0.4, 0.5) is 4.39 Å². The molecule has 0 unspecified atom stereocenters. The molecule has 108 valence electrons. The van der Waals surface area contributed by atoms with Crippen molar-refractivity contribution in [2.75, 3.05) is 7.11 Å². The molecule has 2 rings (SSSR count). The number of methoxy groups -OCH3 is 1. The zero-order chi connectivity index (χ0) is 15.2. The van der Waals surface area contributed by atoms with E-state index in [2.05, 4.69) is 26.5 Å². The summed E-state index contributed by atoms with van der Waals surface area (Å²) in [6, 6.07) is 11.1. The molecule has 21 heavy (non-hydrogen) atoms. The van der Waals surface area contributed by atoms with Crippen molar-refractivity contribution in [3.05, 3.63) is 63.9 Å². The fraction of sp³-hybridized carbons (Fsp3) is 0.0667. The second-order valence-electron chi connectivity index (χ2n) is 4.07. The first-order chi connectivity index (χ1) is 10.1. The highest BCUT2D eigenvalue weighted by atomic mass is 79.9. The molecular weight excluding hydrogens is 339 g/mol. The van der Waals surface area contributed by atoms with Gasteiger partial charge in [0.05, 0.1) is 18.9 Å². The van der Waals surface area contributed by atoms with Crippen LogP contribution in [0.15, 0.2) is 52.0 Å². The normalized spacial score (nSPS) is 10.6. The molecule has 0 bridgehead atoms. The lowest BCUT2D eigenvalue weighted by Crippen LogP contribution is -2.19. The lowest BCUT2D eigenvalue weighted by atomic mass is 10.2. The van der Waals surface area contributed by atoms with Gasteiger partial charge in [-0.3, -0.25) is 4.79 Å². The van der Waals surface area contributed by atoms with Gasteiger partial charge in [-0.05, 0) is 30.3 Å². The van der Waals surface area contributed by atoms with Crippen molar-refractivity contribution in [2.24, 2.45) is 5.10 Å². The molecule has 0 spiro atoms. The van der Waals surface area contributed by atoms with Crippen LogP contribution in [-0.4, -0.2) is 19.2 Å². The highest BCUT2D eigenvalue weighted by molar-refractivity contribution is 9.10. The number of ether oxygens (including phenoxy) is 1.